The lowest BCUT2D eigenvalue weighted by atomic mass is 9.95. The van der Waals surface area contributed by atoms with Gasteiger partial charge in [0, 0.05) is 18.1 Å². The third kappa shape index (κ3) is 2.25. The summed E-state index contributed by atoms with van der Waals surface area (Å²) in [6.45, 7) is 0.731. The van der Waals surface area contributed by atoms with E-state index in [9.17, 15) is 4.79 Å². The quantitative estimate of drug-likeness (QED) is 0.851. The van der Waals surface area contributed by atoms with Crippen LogP contribution in [0.1, 0.15) is 11.1 Å². The lowest BCUT2D eigenvalue weighted by Crippen LogP contribution is -2.44. The van der Waals surface area contributed by atoms with Gasteiger partial charge in [0.2, 0.25) is 5.91 Å². The van der Waals surface area contributed by atoms with Gasteiger partial charge >= 0.3 is 0 Å². The first-order valence-corrected chi connectivity index (χ1v) is 6.48. The van der Waals surface area contributed by atoms with E-state index in [0.717, 1.165) is 6.54 Å². The van der Waals surface area contributed by atoms with Crippen LogP contribution in [0.3, 0.4) is 0 Å². The van der Waals surface area contributed by atoms with E-state index in [-0.39, 0.29) is 11.9 Å². The van der Waals surface area contributed by atoms with Gasteiger partial charge in [-0.15, -0.1) is 5.10 Å². The van der Waals surface area contributed by atoms with Crippen LogP contribution in [-0.2, 0) is 17.8 Å². The van der Waals surface area contributed by atoms with Crippen molar-refractivity contribution in [3.63, 3.8) is 0 Å². The summed E-state index contributed by atoms with van der Waals surface area (Å²) in [5, 5.41) is 10.4. The van der Waals surface area contributed by atoms with E-state index >= 15 is 0 Å². The Bertz CT molecular complexity index is 555. The van der Waals surface area contributed by atoms with Gasteiger partial charge in [0.1, 0.15) is 5.00 Å². The number of hydrogen-bond acceptors (Lipinski definition) is 5. The number of carbonyl (C=O) groups is 1. The fourth-order valence-electron chi connectivity index (χ4n) is 2.07. The molecule has 0 fully saturated rings. The fraction of sp³-hybridized carbons (Fsp3) is 0.250. The van der Waals surface area contributed by atoms with Crippen molar-refractivity contribution >= 4 is 22.4 Å². The third-order valence-corrected chi connectivity index (χ3v) is 3.59. The minimum absolute atomic E-state index is 0.0319. The Labute approximate surface area is 108 Å². The van der Waals surface area contributed by atoms with Crippen molar-refractivity contribution in [3.8, 4) is 0 Å². The Morgan fingerprint density at radius 3 is 3.00 bits per heavy atom. The number of aromatic nitrogens is 2. The molecule has 92 valence electrons. The molecule has 2 aromatic rings. The van der Waals surface area contributed by atoms with Gasteiger partial charge in [0.15, 0.2) is 0 Å². The number of anilines is 1. The monoisotopic (exact) mass is 260 g/mol. The summed E-state index contributed by atoms with van der Waals surface area (Å²) in [6.07, 6.45) is 2.27. The molecule has 0 saturated carbocycles. The minimum atomic E-state index is -0.193. The molecule has 6 heteroatoms. The van der Waals surface area contributed by atoms with Gasteiger partial charge in [-0.25, -0.2) is 0 Å². The van der Waals surface area contributed by atoms with Crippen LogP contribution < -0.4 is 10.6 Å². The maximum Gasteiger partial charge on any atom is 0.242 e. The third-order valence-electron chi connectivity index (χ3n) is 3.01. The molecule has 5 nitrogen and oxygen atoms in total. The zero-order valence-corrected chi connectivity index (χ0v) is 10.4. The molecular weight excluding hydrogens is 248 g/mol. The first-order valence-electron chi connectivity index (χ1n) is 5.71. The van der Waals surface area contributed by atoms with Crippen molar-refractivity contribution in [1.29, 1.82) is 0 Å². The maximum absolute atomic E-state index is 12.1. The molecule has 0 saturated heterocycles. The highest BCUT2D eigenvalue weighted by molar-refractivity contribution is 7.10. The molecule has 2 N–H and O–H groups in total. The average molecular weight is 260 g/mol. The second-order valence-electron chi connectivity index (χ2n) is 4.18. The number of carbonyl (C=O) groups excluding carboxylic acids is 1. The van der Waals surface area contributed by atoms with Crippen LogP contribution in [0, 0.1) is 0 Å². The number of benzene rings is 1. The van der Waals surface area contributed by atoms with E-state index in [2.05, 4.69) is 32.4 Å². The normalized spacial score (nSPS) is 18.1. The van der Waals surface area contributed by atoms with E-state index in [1.165, 1.54) is 22.7 Å². The summed E-state index contributed by atoms with van der Waals surface area (Å²) in [7, 11) is 0. The lowest BCUT2D eigenvalue weighted by Gasteiger charge is -2.24. The Morgan fingerprint density at radius 2 is 2.22 bits per heavy atom. The van der Waals surface area contributed by atoms with Crippen molar-refractivity contribution in [2.75, 3.05) is 5.32 Å². The molecule has 0 bridgehead atoms. The summed E-state index contributed by atoms with van der Waals surface area (Å²) in [5.41, 5.74) is 2.50. The van der Waals surface area contributed by atoms with Crippen LogP contribution in [0.15, 0.2) is 30.5 Å². The second kappa shape index (κ2) is 4.83. The standard InChI is InChI=1S/C12H12N4OS/c17-12(15-11-7-14-16-18-11)10-5-8-3-1-2-4-9(8)6-13-10/h1-4,7,10,13H,5-6H2,(H,15,17). The predicted octanol–water partition coefficient (Wildman–Crippen LogP) is 1.19. The number of hydrogen-bond donors (Lipinski definition) is 2. The summed E-state index contributed by atoms with van der Waals surface area (Å²) in [4.78, 5) is 12.1. The van der Waals surface area contributed by atoms with Gasteiger partial charge in [-0.1, -0.05) is 28.8 Å². The Balaban J connectivity index is 1.70. The molecule has 1 unspecified atom stereocenters. The van der Waals surface area contributed by atoms with E-state index in [0.29, 0.717) is 11.4 Å². The fourth-order valence-corrected chi connectivity index (χ4v) is 2.49. The van der Waals surface area contributed by atoms with Crippen molar-refractivity contribution in [1.82, 2.24) is 14.9 Å². The molecule has 0 spiro atoms. The van der Waals surface area contributed by atoms with Gasteiger partial charge in [-0.3, -0.25) is 4.79 Å². The van der Waals surface area contributed by atoms with Gasteiger partial charge in [-0.05, 0) is 17.5 Å². The summed E-state index contributed by atoms with van der Waals surface area (Å²) in [6, 6.07) is 7.99. The zero-order valence-electron chi connectivity index (χ0n) is 9.59. The second-order valence-corrected chi connectivity index (χ2v) is 4.96. The van der Waals surface area contributed by atoms with Crippen LogP contribution in [0.2, 0.25) is 0 Å². The Morgan fingerprint density at radius 1 is 1.39 bits per heavy atom. The largest absolute Gasteiger partial charge is 0.314 e. The van der Waals surface area contributed by atoms with Crippen LogP contribution in [0.4, 0.5) is 5.00 Å². The van der Waals surface area contributed by atoms with Crippen molar-refractivity contribution < 1.29 is 4.79 Å². The van der Waals surface area contributed by atoms with E-state index in [1.807, 2.05) is 12.1 Å². The predicted molar refractivity (Wildman–Crippen MR) is 69.3 cm³/mol. The molecule has 1 aliphatic rings. The highest BCUT2D eigenvalue weighted by Gasteiger charge is 2.24. The molecule has 1 amide bonds. The SMILES string of the molecule is O=C(Nc1cnns1)C1Cc2ccccc2CN1. The van der Waals surface area contributed by atoms with Crippen LogP contribution in [0.25, 0.3) is 0 Å². The van der Waals surface area contributed by atoms with Crippen molar-refractivity contribution in [3.05, 3.63) is 41.6 Å². The van der Waals surface area contributed by atoms with Gasteiger partial charge in [0.05, 0.1) is 12.2 Å². The first kappa shape index (κ1) is 11.3. The molecule has 1 aromatic heterocycles. The molecule has 0 radical (unpaired) electrons. The Kier molecular flexibility index (Phi) is 3.04. The molecule has 1 aliphatic heterocycles. The topological polar surface area (TPSA) is 66.9 Å². The maximum atomic E-state index is 12.1. The summed E-state index contributed by atoms with van der Waals surface area (Å²) < 4.78 is 3.71. The van der Waals surface area contributed by atoms with Crippen LogP contribution in [0.5, 0.6) is 0 Å². The molecule has 2 heterocycles. The van der Waals surface area contributed by atoms with Gasteiger partial charge < -0.3 is 10.6 Å². The number of fused-ring (bicyclic) bond motifs is 1. The van der Waals surface area contributed by atoms with E-state index in [1.54, 1.807) is 6.20 Å². The number of amides is 1. The summed E-state index contributed by atoms with van der Waals surface area (Å²) >= 11 is 1.18. The van der Waals surface area contributed by atoms with E-state index < -0.39 is 0 Å². The van der Waals surface area contributed by atoms with Gasteiger partial charge in [0.25, 0.3) is 0 Å². The average Bonchev–Trinajstić information content (AvgIpc) is 2.91. The molecule has 1 aromatic carbocycles. The van der Waals surface area contributed by atoms with Crippen LogP contribution >= 0.6 is 11.5 Å². The molecule has 18 heavy (non-hydrogen) atoms. The lowest BCUT2D eigenvalue weighted by molar-refractivity contribution is -0.118. The highest BCUT2D eigenvalue weighted by atomic mass is 32.1. The van der Waals surface area contributed by atoms with E-state index in [4.69, 9.17) is 0 Å². The van der Waals surface area contributed by atoms with Crippen LogP contribution in [-0.4, -0.2) is 21.5 Å². The van der Waals surface area contributed by atoms with Crippen molar-refractivity contribution in [2.24, 2.45) is 0 Å². The smallest absolute Gasteiger partial charge is 0.242 e. The zero-order chi connectivity index (χ0) is 12.4. The van der Waals surface area contributed by atoms with Gasteiger partial charge in [-0.2, -0.15) is 0 Å². The molecule has 1 atom stereocenters. The molecule has 3 rings (SSSR count). The minimum Gasteiger partial charge on any atom is -0.314 e. The highest BCUT2D eigenvalue weighted by Crippen LogP contribution is 2.17. The van der Waals surface area contributed by atoms with Crippen molar-refractivity contribution in [2.45, 2.75) is 19.0 Å². The molecule has 0 aliphatic carbocycles. The Hall–Kier alpha value is -1.79. The number of nitrogens with zero attached hydrogens (tertiary/aromatic N) is 2. The summed E-state index contributed by atoms with van der Waals surface area (Å²) in [5.74, 6) is -0.0319. The molecular formula is C12H12N4OS. The first-order chi connectivity index (χ1) is 8.83. The number of nitrogens with one attached hydrogen (secondary N) is 2. The number of rotatable bonds is 2.